The Morgan fingerprint density at radius 3 is 2.55 bits per heavy atom. The number of hydrogen-bond donors (Lipinski definition) is 1. The Labute approximate surface area is 129 Å². The second kappa shape index (κ2) is 7.02. The Morgan fingerprint density at radius 2 is 2.00 bits per heavy atom. The van der Waals surface area contributed by atoms with Crippen molar-refractivity contribution in [3.05, 3.63) is 57.2 Å². The molecule has 0 radical (unpaired) electrons. The SMILES string of the molecule is C[S@](=O)C[C@@H](NC(=O)c1ccc(Cl)s1)c1ccccc1. The molecule has 0 fully saturated rings. The number of thiophene rings is 1. The number of carbonyl (C=O) groups is 1. The number of halogens is 1. The van der Waals surface area contributed by atoms with Crippen molar-refractivity contribution < 1.29 is 9.00 Å². The first kappa shape index (κ1) is 15.2. The van der Waals surface area contributed by atoms with E-state index in [4.69, 9.17) is 11.6 Å². The molecule has 2 rings (SSSR count). The second-order valence-corrected chi connectivity index (χ2v) is 7.48. The Balaban J connectivity index is 2.16. The van der Waals surface area contributed by atoms with E-state index in [1.165, 1.54) is 11.3 Å². The van der Waals surface area contributed by atoms with E-state index in [1.807, 2.05) is 30.3 Å². The summed E-state index contributed by atoms with van der Waals surface area (Å²) in [5.74, 6) is 0.190. The van der Waals surface area contributed by atoms with Crippen LogP contribution in [0.25, 0.3) is 0 Å². The smallest absolute Gasteiger partial charge is 0.261 e. The molecule has 2 aromatic rings. The van der Waals surface area contributed by atoms with Crippen molar-refractivity contribution in [1.29, 1.82) is 0 Å². The summed E-state index contributed by atoms with van der Waals surface area (Å²) in [7, 11) is -1.00. The van der Waals surface area contributed by atoms with E-state index in [0.717, 1.165) is 5.56 Å². The molecule has 0 saturated carbocycles. The molecule has 1 amide bonds. The molecular formula is C14H14ClNO2S2. The van der Waals surface area contributed by atoms with E-state index < -0.39 is 10.8 Å². The molecule has 106 valence electrons. The van der Waals surface area contributed by atoms with Gasteiger partial charge in [-0.15, -0.1) is 11.3 Å². The van der Waals surface area contributed by atoms with E-state index in [0.29, 0.717) is 15.0 Å². The van der Waals surface area contributed by atoms with Crippen LogP contribution in [-0.2, 0) is 10.8 Å². The van der Waals surface area contributed by atoms with Gasteiger partial charge in [0.2, 0.25) is 0 Å². The topological polar surface area (TPSA) is 46.2 Å². The van der Waals surface area contributed by atoms with Crippen LogP contribution in [0.3, 0.4) is 0 Å². The van der Waals surface area contributed by atoms with Crippen molar-refractivity contribution in [3.63, 3.8) is 0 Å². The molecular weight excluding hydrogens is 314 g/mol. The van der Waals surface area contributed by atoms with Crippen molar-refractivity contribution >= 4 is 39.6 Å². The standard InChI is InChI=1S/C14H14ClNO2S2/c1-20(18)9-11(10-5-3-2-4-6-10)16-14(17)12-7-8-13(15)19-12/h2-8,11H,9H2,1H3,(H,16,17)/t11-,20+/m1/s1. The van der Waals surface area contributed by atoms with Crippen LogP contribution in [0.1, 0.15) is 21.3 Å². The minimum absolute atomic E-state index is 0.193. The third-order valence-electron chi connectivity index (χ3n) is 2.71. The van der Waals surface area contributed by atoms with E-state index >= 15 is 0 Å². The van der Waals surface area contributed by atoms with Crippen LogP contribution in [0.2, 0.25) is 4.34 Å². The van der Waals surface area contributed by atoms with Gasteiger partial charge < -0.3 is 5.32 Å². The van der Waals surface area contributed by atoms with Crippen LogP contribution in [0.4, 0.5) is 0 Å². The highest BCUT2D eigenvalue weighted by Gasteiger charge is 2.18. The van der Waals surface area contributed by atoms with Gasteiger partial charge in [0.1, 0.15) is 0 Å². The van der Waals surface area contributed by atoms with Gasteiger partial charge in [-0.05, 0) is 17.7 Å². The second-order valence-electron chi connectivity index (χ2n) is 4.28. The normalized spacial score (nSPS) is 13.7. The number of nitrogens with one attached hydrogen (secondary N) is 1. The molecule has 0 bridgehead atoms. The van der Waals surface area contributed by atoms with Crippen LogP contribution >= 0.6 is 22.9 Å². The first-order valence-corrected chi connectivity index (χ1v) is 8.89. The average Bonchev–Trinajstić information content (AvgIpc) is 2.85. The van der Waals surface area contributed by atoms with Crippen LogP contribution in [0.5, 0.6) is 0 Å². The quantitative estimate of drug-likeness (QED) is 0.916. The average molecular weight is 328 g/mol. The van der Waals surface area contributed by atoms with Gasteiger partial charge in [-0.2, -0.15) is 0 Å². The summed E-state index contributed by atoms with van der Waals surface area (Å²) in [5, 5.41) is 2.91. The van der Waals surface area contributed by atoms with Crippen molar-refractivity contribution in [2.45, 2.75) is 6.04 Å². The summed E-state index contributed by atoms with van der Waals surface area (Å²) in [6, 6.07) is 12.6. The van der Waals surface area contributed by atoms with Crippen molar-refractivity contribution in [3.8, 4) is 0 Å². The Kier molecular flexibility index (Phi) is 5.34. The first-order valence-electron chi connectivity index (χ1n) is 5.97. The molecule has 1 heterocycles. The summed E-state index contributed by atoms with van der Waals surface area (Å²) in [4.78, 5) is 12.7. The first-order chi connectivity index (χ1) is 9.56. The van der Waals surface area contributed by atoms with E-state index in [2.05, 4.69) is 5.32 Å². The van der Waals surface area contributed by atoms with Gasteiger partial charge in [-0.1, -0.05) is 41.9 Å². The highest BCUT2D eigenvalue weighted by Crippen LogP contribution is 2.22. The monoisotopic (exact) mass is 327 g/mol. The molecule has 0 spiro atoms. The van der Waals surface area contributed by atoms with Crippen LogP contribution < -0.4 is 5.32 Å². The minimum Gasteiger partial charge on any atom is -0.344 e. The highest BCUT2D eigenvalue weighted by atomic mass is 35.5. The van der Waals surface area contributed by atoms with E-state index in [9.17, 15) is 9.00 Å². The van der Waals surface area contributed by atoms with Crippen LogP contribution in [0.15, 0.2) is 42.5 Å². The van der Waals surface area contributed by atoms with Gasteiger partial charge in [0, 0.05) is 22.8 Å². The molecule has 1 N–H and O–H groups in total. The summed E-state index contributed by atoms with van der Waals surface area (Å²) < 4.78 is 12.1. The summed E-state index contributed by atoms with van der Waals surface area (Å²) in [6.45, 7) is 0. The van der Waals surface area contributed by atoms with Gasteiger partial charge in [0.05, 0.1) is 15.3 Å². The fourth-order valence-electron chi connectivity index (χ4n) is 1.81. The van der Waals surface area contributed by atoms with Gasteiger partial charge in [-0.25, -0.2) is 0 Å². The molecule has 1 aromatic heterocycles. The largest absolute Gasteiger partial charge is 0.344 e. The number of hydrogen-bond acceptors (Lipinski definition) is 3. The maximum atomic E-state index is 12.2. The molecule has 1 aromatic carbocycles. The van der Waals surface area contributed by atoms with Gasteiger partial charge >= 0.3 is 0 Å². The zero-order chi connectivity index (χ0) is 14.5. The molecule has 0 aliphatic heterocycles. The van der Waals surface area contributed by atoms with Gasteiger partial charge in [0.25, 0.3) is 5.91 Å². The Morgan fingerprint density at radius 1 is 1.30 bits per heavy atom. The number of amides is 1. The lowest BCUT2D eigenvalue weighted by atomic mass is 10.1. The summed E-state index contributed by atoms with van der Waals surface area (Å²) in [6.07, 6.45) is 1.63. The summed E-state index contributed by atoms with van der Waals surface area (Å²) >= 11 is 7.06. The van der Waals surface area contributed by atoms with Gasteiger partial charge in [0.15, 0.2) is 0 Å². The molecule has 6 heteroatoms. The third-order valence-corrected chi connectivity index (χ3v) is 4.74. The highest BCUT2D eigenvalue weighted by molar-refractivity contribution is 7.84. The molecule has 3 nitrogen and oxygen atoms in total. The zero-order valence-corrected chi connectivity index (χ0v) is 13.2. The molecule has 20 heavy (non-hydrogen) atoms. The Hall–Kier alpha value is -1.17. The lowest BCUT2D eigenvalue weighted by molar-refractivity contribution is 0.0944. The van der Waals surface area contributed by atoms with Crippen molar-refractivity contribution in [1.82, 2.24) is 5.32 Å². The van der Waals surface area contributed by atoms with Crippen molar-refractivity contribution in [2.24, 2.45) is 0 Å². The third kappa shape index (κ3) is 4.16. The van der Waals surface area contributed by atoms with Crippen LogP contribution in [-0.4, -0.2) is 22.1 Å². The number of rotatable bonds is 5. The number of carbonyl (C=O) groups excluding carboxylic acids is 1. The fraction of sp³-hybridized carbons (Fsp3) is 0.214. The lowest BCUT2D eigenvalue weighted by Crippen LogP contribution is -2.31. The molecule has 2 atom stereocenters. The minimum atomic E-state index is -1.00. The van der Waals surface area contributed by atoms with Gasteiger partial charge in [-0.3, -0.25) is 9.00 Å². The molecule has 0 aliphatic carbocycles. The zero-order valence-electron chi connectivity index (χ0n) is 10.8. The Bertz CT molecular complexity index is 613. The predicted octanol–water partition coefficient (Wildman–Crippen LogP) is 3.25. The van der Waals surface area contributed by atoms with Crippen LogP contribution in [0, 0.1) is 0 Å². The summed E-state index contributed by atoms with van der Waals surface area (Å²) in [5.41, 5.74) is 0.943. The number of benzene rings is 1. The molecule has 0 unspecified atom stereocenters. The van der Waals surface area contributed by atoms with Crippen molar-refractivity contribution in [2.75, 3.05) is 12.0 Å². The van der Waals surface area contributed by atoms with E-state index in [1.54, 1.807) is 18.4 Å². The maximum absolute atomic E-state index is 12.2. The lowest BCUT2D eigenvalue weighted by Gasteiger charge is -2.17. The molecule has 0 aliphatic rings. The van der Waals surface area contributed by atoms with E-state index in [-0.39, 0.29) is 11.9 Å². The fourth-order valence-corrected chi connectivity index (χ4v) is 3.50. The predicted molar refractivity (Wildman–Crippen MR) is 84.9 cm³/mol. The maximum Gasteiger partial charge on any atom is 0.261 e. The molecule has 0 saturated heterocycles.